The van der Waals surface area contributed by atoms with E-state index in [-0.39, 0.29) is 29.9 Å². The van der Waals surface area contributed by atoms with E-state index in [1.165, 1.54) is 41.4 Å². The summed E-state index contributed by atoms with van der Waals surface area (Å²) in [4.78, 5) is 4.13. The van der Waals surface area contributed by atoms with Crippen molar-refractivity contribution in [1.29, 1.82) is 0 Å². The summed E-state index contributed by atoms with van der Waals surface area (Å²) < 4.78 is 65.4. The van der Waals surface area contributed by atoms with Gasteiger partial charge in [0.05, 0.1) is 29.4 Å². The molecule has 3 N–H and O–H groups in total. The van der Waals surface area contributed by atoms with Crippen LogP contribution in [0.15, 0.2) is 93.9 Å². The summed E-state index contributed by atoms with van der Waals surface area (Å²) in [6.45, 7) is -0.121. The number of guanidine groups is 1. The van der Waals surface area contributed by atoms with Crippen LogP contribution in [0, 0.1) is 18.2 Å². The molecule has 3 aromatic rings. The molecule has 0 amide bonds. The van der Waals surface area contributed by atoms with Crippen molar-refractivity contribution in [2.45, 2.75) is 10.8 Å². The van der Waals surface area contributed by atoms with Crippen LogP contribution in [0.5, 0.6) is 0 Å². The SMILES string of the molecule is C#Cc1ccc(S(=O)(=O)NC(=NCCS(N)(=O)=O)N2C[C@H](c3ccccc3)C(c3ccc(F)cc3)=N2)cc1. The van der Waals surface area contributed by atoms with Crippen molar-refractivity contribution in [3.05, 3.63) is 101 Å². The highest BCUT2D eigenvalue weighted by molar-refractivity contribution is 7.90. The summed E-state index contributed by atoms with van der Waals surface area (Å²) in [7, 11) is -8.00. The molecule has 0 unspecified atom stereocenters. The minimum absolute atomic E-state index is 0.0720. The minimum atomic E-state index is -4.15. The standard InChI is InChI=1S/C26H24FN5O4S2/c1-2-19-8-14-23(15-9-19)38(35,36)31-26(29-16-17-37(28,33)34)32-18-24(20-6-4-3-5-7-20)25(30-32)21-10-12-22(27)13-11-21/h1,3-15,24H,16-18H2,(H,29,31)(H2,28,33,34)/t24-/m1/s1. The number of aliphatic imine (C=N–C) groups is 1. The van der Waals surface area contributed by atoms with Crippen LogP contribution in [-0.2, 0) is 20.0 Å². The summed E-state index contributed by atoms with van der Waals surface area (Å²) >= 11 is 0. The van der Waals surface area contributed by atoms with Gasteiger partial charge in [0.15, 0.2) is 0 Å². The number of primary sulfonamides is 1. The number of hydrogen-bond donors (Lipinski definition) is 2. The number of benzene rings is 3. The summed E-state index contributed by atoms with van der Waals surface area (Å²) in [5.41, 5.74) is 2.60. The molecular weight excluding hydrogens is 529 g/mol. The molecule has 1 heterocycles. The first-order chi connectivity index (χ1) is 18.1. The van der Waals surface area contributed by atoms with E-state index in [2.05, 4.69) is 20.7 Å². The largest absolute Gasteiger partial charge is 0.264 e. The minimum Gasteiger partial charge on any atom is -0.250 e. The molecule has 0 spiro atoms. The number of hydrazone groups is 1. The molecule has 0 aliphatic carbocycles. The third kappa shape index (κ3) is 6.63. The summed E-state index contributed by atoms with van der Waals surface area (Å²) in [5.74, 6) is 1.01. The first-order valence-corrected chi connectivity index (χ1v) is 14.6. The maximum absolute atomic E-state index is 13.6. The van der Waals surface area contributed by atoms with E-state index >= 15 is 0 Å². The molecule has 9 nitrogen and oxygen atoms in total. The Morgan fingerprint density at radius 1 is 1.05 bits per heavy atom. The Balaban J connectivity index is 1.73. The van der Waals surface area contributed by atoms with Crippen molar-refractivity contribution >= 4 is 31.7 Å². The molecule has 38 heavy (non-hydrogen) atoms. The molecule has 0 aromatic heterocycles. The van der Waals surface area contributed by atoms with Gasteiger partial charge in [-0.3, -0.25) is 0 Å². The van der Waals surface area contributed by atoms with Crippen molar-refractivity contribution in [2.24, 2.45) is 15.2 Å². The number of hydrogen-bond acceptors (Lipinski definition) is 6. The van der Waals surface area contributed by atoms with E-state index in [9.17, 15) is 21.2 Å². The van der Waals surface area contributed by atoms with Crippen molar-refractivity contribution in [3.8, 4) is 12.3 Å². The van der Waals surface area contributed by atoms with Crippen LogP contribution in [0.25, 0.3) is 0 Å². The zero-order chi connectivity index (χ0) is 27.3. The predicted molar refractivity (Wildman–Crippen MR) is 144 cm³/mol. The number of terminal acetylenes is 1. The Kier molecular flexibility index (Phi) is 7.91. The van der Waals surface area contributed by atoms with Gasteiger partial charge in [-0.1, -0.05) is 48.4 Å². The molecule has 0 bridgehead atoms. The summed E-state index contributed by atoms with van der Waals surface area (Å²) in [6.07, 6.45) is 5.36. The lowest BCUT2D eigenvalue weighted by atomic mass is 9.91. The predicted octanol–water partition coefficient (Wildman–Crippen LogP) is 2.23. The van der Waals surface area contributed by atoms with Crippen molar-refractivity contribution in [1.82, 2.24) is 9.73 Å². The van der Waals surface area contributed by atoms with Crippen molar-refractivity contribution in [3.63, 3.8) is 0 Å². The van der Waals surface area contributed by atoms with E-state index in [4.69, 9.17) is 11.6 Å². The zero-order valence-corrected chi connectivity index (χ0v) is 21.7. The van der Waals surface area contributed by atoms with E-state index in [0.29, 0.717) is 16.8 Å². The van der Waals surface area contributed by atoms with Gasteiger partial charge in [0.2, 0.25) is 16.0 Å². The van der Waals surface area contributed by atoms with E-state index in [1.807, 2.05) is 30.3 Å². The molecule has 0 saturated heterocycles. The van der Waals surface area contributed by atoms with Crippen LogP contribution in [0.2, 0.25) is 0 Å². The second kappa shape index (κ2) is 11.1. The van der Waals surface area contributed by atoms with Crippen LogP contribution >= 0.6 is 0 Å². The van der Waals surface area contributed by atoms with Gasteiger partial charge in [-0.25, -0.2) is 41.1 Å². The van der Waals surface area contributed by atoms with Crippen LogP contribution in [0.3, 0.4) is 0 Å². The first kappa shape index (κ1) is 27.0. The molecule has 1 aliphatic heterocycles. The molecule has 1 aliphatic rings. The number of rotatable bonds is 7. The molecule has 4 rings (SSSR count). The van der Waals surface area contributed by atoms with Crippen LogP contribution in [0.4, 0.5) is 4.39 Å². The highest BCUT2D eigenvalue weighted by Crippen LogP contribution is 2.29. The van der Waals surface area contributed by atoms with Gasteiger partial charge in [0.25, 0.3) is 10.0 Å². The molecule has 0 fully saturated rings. The second-order valence-corrected chi connectivity index (χ2v) is 11.8. The van der Waals surface area contributed by atoms with Gasteiger partial charge in [0, 0.05) is 11.5 Å². The highest BCUT2D eigenvalue weighted by Gasteiger charge is 2.33. The van der Waals surface area contributed by atoms with Gasteiger partial charge >= 0.3 is 0 Å². The van der Waals surface area contributed by atoms with Gasteiger partial charge in [-0.2, -0.15) is 5.10 Å². The Hall–Kier alpha value is -4.05. The Morgan fingerprint density at radius 2 is 1.71 bits per heavy atom. The average molecular weight is 554 g/mol. The maximum Gasteiger partial charge on any atom is 0.264 e. The van der Waals surface area contributed by atoms with Crippen molar-refractivity contribution in [2.75, 3.05) is 18.8 Å². The number of nitrogens with one attached hydrogen (secondary N) is 1. The van der Waals surface area contributed by atoms with Crippen molar-refractivity contribution < 1.29 is 21.2 Å². The summed E-state index contributed by atoms with van der Waals surface area (Å²) in [5, 5.41) is 11.1. The quantitative estimate of drug-likeness (QED) is 0.263. The van der Waals surface area contributed by atoms with Gasteiger partial charge in [0.1, 0.15) is 5.82 Å². The van der Waals surface area contributed by atoms with E-state index in [1.54, 1.807) is 12.1 Å². The lowest BCUT2D eigenvalue weighted by Gasteiger charge is -2.20. The maximum atomic E-state index is 13.6. The van der Waals surface area contributed by atoms with Crippen LogP contribution < -0.4 is 9.86 Å². The molecule has 1 atom stereocenters. The van der Waals surface area contributed by atoms with Gasteiger partial charge in [-0.15, -0.1) is 6.42 Å². The normalized spacial score (nSPS) is 16.1. The number of nitrogens with two attached hydrogens (primary N) is 1. The number of sulfonamides is 2. The molecule has 12 heteroatoms. The molecular formula is C26H24FN5O4S2. The number of nitrogens with zero attached hydrogens (tertiary/aromatic N) is 3. The number of halogens is 1. The van der Waals surface area contributed by atoms with Crippen LogP contribution in [0.1, 0.15) is 22.6 Å². The van der Waals surface area contributed by atoms with E-state index in [0.717, 1.165) is 5.56 Å². The lowest BCUT2D eigenvalue weighted by Crippen LogP contribution is -2.41. The Labute approximate surface area is 221 Å². The zero-order valence-electron chi connectivity index (χ0n) is 20.0. The molecule has 196 valence electrons. The lowest BCUT2D eigenvalue weighted by molar-refractivity contribution is 0.461. The smallest absolute Gasteiger partial charge is 0.250 e. The average Bonchev–Trinajstić information content (AvgIpc) is 3.34. The third-order valence-corrected chi connectivity index (χ3v) is 7.79. The van der Waals surface area contributed by atoms with Crippen LogP contribution in [-0.4, -0.2) is 52.4 Å². The fourth-order valence-electron chi connectivity index (χ4n) is 3.82. The fourth-order valence-corrected chi connectivity index (χ4v) is 5.19. The first-order valence-electron chi connectivity index (χ1n) is 11.4. The van der Waals surface area contributed by atoms with Gasteiger partial charge < -0.3 is 0 Å². The molecule has 3 aromatic carbocycles. The Morgan fingerprint density at radius 3 is 2.32 bits per heavy atom. The topological polar surface area (TPSA) is 134 Å². The highest BCUT2D eigenvalue weighted by atomic mass is 32.2. The molecule has 0 saturated carbocycles. The second-order valence-electron chi connectivity index (χ2n) is 8.38. The Bertz CT molecular complexity index is 1620. The summed E-state index contributed by atoms with van der Waals surface area (Å²) in [6, 6.07) is 20.9. The third-order valence-electron chi connectivity index (χ3n) is 5.69. The van der Waals surface area contributed by atoms with Gasteiger partial charge in [-0.05, 0) is 47.5 Å². The van der Waals surface area contributed by atoms with E-state index < -0.39 is 31.6 Å². The monoisotopic (exact) mass is 553 g/mol. The molecule has 0 radical (unpaired) electrons. The fraction of sp³-hybridized carbons (Fsp3) is 0.154.